The first-order valence-corrected chi connectivity index (χ1v) is 8.80. The first-order valence-electron chi connectivity index (χ1n) is 6.41. The van der Waals surface area contributed by atoms with E-state index in [1.807, 2.05) is 13.8 Å². The smallest absolute Gasteiger partial charge is 0.258 e. The van der Waals surface area contributed by atoms with E-state index in [1.165, 1.54) is 11.3 Å². The number of halogens is 2. The van der Waals surface area contributed by atoms with Crippen molar-refractivity contribution >= 4 is 67.1 Å². The quantitative estimate of drug-likeness (QED) is 0.676. The normalized spacial score (nSPS) is 10.0. The summed E-state index contributed by atoms with van der Waals surface area (Å²) in [7, 11) is 0. The van der Waals surface area contributed by atoms with Gasteiger partial charge in [-0.15, -0.1) is 11.3 Å². The molecule has 0 fully saturated rings. The molecule has 118 valence electrons. The van der Waals surface area contributed by atoms with E-state index >= 15 is 0 Å². The maximum Gasteiger partial charge on any atom is 0.258 e. The van der Waals surface area contributed by atoms with Crippen molar-refractivity contribution in [2.75, 3.05) is 5.32 Å². The Bertz CT molecular complexity index is 842. The van der Waals surface area contributed by atoms with Gasteiger partial charge in [-0.3, -0.25) is 10.1 Å². The molecular formula is C15H11BrClN3OS2. The van der Waals surface area contributed by atoms with Crippen molar-refractivity contribution in [1.82, 2.24) is 5.32 Å². The molecule has 0 aliphatic heterocycles. The topological polar surface area (TPSA) is 64.9 Å². The number of anilines is 1. The monoisotopic (exact) mass is 427 g/mol. The van der Waals surface area contributed by atoms with Gasteiger partial charge in [0.2, 0.25) is 0 Å². The lowest BCUT2D eigenvalue weighted by Crippen LogP contribution is -2.34. The number of amides is 1. The molecule has 0 aliphatic carbocycles. The molecule has 0 atom stereocenters. The number of carbonyl (C=O) groups excluding carboxylic acids is 1. The number of hydrogen-bond donors (Lipinski definition) is 2. The molecule has 0 bridgehead atoms. The van der Waals surface area contributed by atoms with E-state index in [0.29, 0.717) is 21.2 Å². The van der Waals surface area contributed by atoms with Crippen molar-refractivity contribution in [1.29, 1.82) is 5.26 Å². The molecule has 4 nitrogen and oxygen atoms in total. The summed E-state index contributed by atoms with van der Waals surface area (Å²) in [5.74, 6) is -0.419. The van der Waals surface area contributed by atoms with Crippen LogP contribution in [0.2, 0.25) is 5.02 Å². The summed E-state index contributed by atoms with van der Waals surface area (Å²) < 4.78 is 0.738. The molecule has 0 aliphatic rings. The number of carbonyl (C=O) groups is 1. The van der Waals surface area contributed by atoms with E-state index in [9.17, 15) is 10.1 Å². The zero-order chi connectivity index (χ0) is 17.1. The van der Waals surface area contributed by atoms with E-state index in [2.05, 4.69) is 32.6 Å². The summed E-state index contributed by atoms with van der Waals surface area (Å²) >= 11 is 15.9. The molecule has 0 saturated carbocycles. The van der Waals surface area contributed by atoms with Gasteiger partial charge in [0.1, 0.15) is 11.1 Å². The first kappa shape index (κ1) is 17.9. The molecule has 0 saturated heterocycles. The van der Waals surface area contributed by atoms with Crippen LogP contribution in [0.1, 0.15) is 26.4 Å². The minimum Gasteiger partial charge on any atom is -0.323 e. The number of aryl methyl sites for hydroxylation is 1. The van der Waals surface area contributed by atoms with Crippen LogP contribution >= 0.6 is 51.1 Å². The van der Waals surface area contributed by atoms with Crippen molar-refractivity contribution in [2.45, 2.75) is 13.8 Å². The third kappa shape index (κ3) is 4.09. The number of hydrogen-bond acceptors (Lipinski definition) is 4. The molecule has 1 heterocycles. The van der Waals surface area contributed by atoms with Crippen LogP contribution in [0.5, 0.6) is 0 Å². The number of thiophene rings is 1. The minimum absolute atomic E-state index is 0.115. The Kier molecular flexibility index (Phi) is 5.76. The second kappa shape index (κ2) is 7.41. The number of rotatable bonds is 2. The molecule has 2 N–H and O–H groups in total. The predicted octanol–water partition coefficient (Wildman–Crippen LogP) is 4.78. The molecule has 2 rings (SSSR count). The van der Waals surface area contributed by atoms with Crippen molar-refractivity contribution in [3.63, 3.8) is 0 Å². The fraction of sp³-hybridized carbons (Fsp3) is 0.133. The largest absolute Gasteiger partial charge is 0.323 e. The van der Waals surface area contributed by atoms with Crippen LogP contribution in [0.3, 0.4) is 0 Å². The SMILES string of the molecule is Cc1sc(NC(=S)NC(=O)c2cc(Br)ccc2Cl)c(C#N)c1C. The van der Waals surface area contributed by atoms with Crippen molar-refractivity contribution in [2.24, 2.45) is 0 Å². The standard InChI is InChI=1S/C15H11BrClN3OS2/c1-7-8(2)23-14(11(7)6-18)20-15(22)19-13(21)10-5-9(16)3-4-12(10)17/h3-5H,1-2H3,(H2,19,20,21,22). The van der Waals surface area contributed by atoms with Gasteiger partial charge in [-0.25, -0.2) is 0 Å². The summed E-state index contributed by atoms with van der Waals surface area (Å²) in [4.78, 5) is 13.3. The zero-order valence-corrected chi connectivity index (χ0v) is 16.1. The predicted molar refractivity (Wildman–Crippen MR) is 101 cm³/mol. The number of thiocarbonyl (C=S) groups is 1. The number of benzene rings is 1. The van der Waals surface area contributed by atoms with Gasteiger partial charge in [0.05, 0.1) is 16.1 Å². The first-order chi connectivity index (χ1) is 10.8. The lowest BCUT2D eigenvalue weighted by atomic mass is 10.2. The molecule has 0 spiro atoms. The molecule has 0 radical (unpaired) electrons. The Morgan fingerprint density at radius 2 is 2.13 bits per heavy atom. The third-order valence-corrected chi connectivity index (χ3v) is 5.27. The van der Waals surface area contributed by atoms with Gasteiger partial charge < -0.3 is 5.32 Å². The van der Waals surface area contributed by atoms with E-state index in [0.717, 1.165) is 14.9 Å². The lowest BCUT2D eigenvalue weighted by Gasteiger charge is -2.09. The molecule has 2 aromatic rings. The highest BCUT2D eigenvalue weighted by molar-refractivity contribution is 9.10. The average molecular weight is 429 g/mol. The zero-order valence-electron chi connectivity index (χ0n) is 12.2. The Morgan fingerprint density at radius 1 is 1.43 bits per heavy atom. The van der Waals surface area contributed by atoms with Gasteiger partial charge in [0.15, 0.2) is 5.11 Å². The Labute approximate surface area is 156 Å². The van der Waals surface area contributed by atoms with E-state index in [4.69, 9.17) is 23.8 Å². The fourth-order valence-corrected chi connectivity index (χ4v) is 3.67. The highest BCUT2D eigenvalue weighted by Gasteiger charge is 2.16. The molecular weight excluding hydrogens is 418 g/mol. The van der Waals surface area contributed by atoms with Crippen LogP contribution in [0.15, 0.2) is 22.7 Å². The Hall–Kier alpha value is -1.46. The summed E-state index contributed by atoms with van der Waals surface area (Å²) in [6, 6.07) is 7.12. The van der Waals surface area contributed by atoms with Crippen LogP contribution in [0, 0.1) is 25.2 Å². The van der Waals surface area contributed by atoms with Crippen molar-refractivity contribution < 1.29 is 4.79 Å². The highest BCUT2D eigenvalue weighted by Crippen LogP contribution is 2.31. The maximum absolute atomic E-state index is 12.2. The maximum atomic E-state index is 12.2. The summed E-state index contributed by atoms with van der Waals surface area (Å²) in [5, 5.41) is 15.7. The molecule has 0 unspecified atom stereocenters. The fourth-order valence-electron chi connectivity index (χ4n) is 1.83. The van der Waals surface area contributed by atoms with Crippen molar-refractivity contribution in [3.8, 4) is 6.07 Å². The number of nitriles is 1. The Morgan fingerprint density at radius 3 is 2.78 bits per heavy atom. The van der Waals surface area contributed by atoms with Gasteiger partial charge in [-0.05, 0) is 49.8 Å². The van der Waals surface area contributed by atoms with Gasteiger partial charge in [-0.1, -0.05) is 27.5 Å². The molecule has 8 heteroatoms. The van der Waals surface area contributed by atoms with Gasteiger partial charge in [-0.2, -0.15) is 5.26 Å². The third-order valence-electron chi connectivity index (χ3n) is 3.12. The molecule has 23 heavy (non-hydrogen) atoms. The molecule has 1 amide bonds. The Balaban J connectivity index is 2.14. The minimum atomic E-state index is -0.419. The van der Waals surface area contributed by atoms with Crippen LogP contribution in [0.4, 0.5) is 5.00 Å². The molecule has 1 aromatic heterocycles. The second-order valence-electron chi connectivity index (χ2n) is 4.63. The van der Waals surface area contributed by atoms with E-state index in [1.54, 1.807) is 18.2 Å². The van der Waals surface area contributed by atoms with Crippen LogP contribution in [-0.2, 0) is 0 Å². The highest BCUT2D eigenvalue weighted by atomic mass is 79.9. The summed E-state index contributed by atoms with van der Waals surface area (Å²) in [6.07, 6.45) is 0. The number of nitrogens with one attached hydrogen (secondary N) is 2. The van der Waals surface area contributed by atoms with Gasteiger partial charge >= 0.3 is 0 Å². The van der Waals surface area contributed by atoms with E-state index in [-0.39, 0.29) is 5.11 Å². The van der Waals surface area contributed by atoms with Crippen LogP contribution < -0.4 is 10.6 Å². The van der Waals surface area contributed by atoms with Crippen LogP contribution in [0.25, 0.3) is 0 Å². The van der Waals surface area contributed by atoms with E-state index < -0.39 is 5.91 Å². The molecule has 1 aromatic carbocycles. The number of nitrogens with zero attached hydrogens (tertiary/aromatic N) is 1. The lowest BCUT2D eigenvalue weighted by molar-refractivity contribution is 0.0978. The second-order valence-corrected chi connectivity index (χ2v) is 7.59. The summed E-state index contributed by atoms with van der Waals surface area (Å²) in [6.45, 7) is 3.80. The average Bonchev–Trinajstić information content (AvgIpc) is 2.75. The van der Waals surface area contributed by atoms with Crippen LogP contribution in [-0.4, -0.2) is 11.0 Å². The van der Waals surface area contributed by atoms with Gasteiger partial charge in [0.25, 0.3) is 5.91 Å². The summed E-state index contributed by atoms with van der Waals surface area (Å²) in [5.41, 5.74) is 1.75. The van der Waals surface area contributed by atoms with Crippen molar-refractivity contribution in [3.05, 3.63) is 49.3 Å². The van der Waals surface area contributed by atoms with Gasteiger partial charge in [0, 0.05) is 9.35 Å².